The molecule has 172 valence electrons. The number of hydrogen-bond acceptors (Lipinski definition) is 4. The second-order valence-electron chi connectivity index (χ2n) is 11.5. The van der Waals surface area contributed by atoms with Crippen LogP contribution in [0.3, 0.4) is 0 Å². The van der Waals surface area contributed by atoms with Gasteiger partial charge in [-0.3, -0.25) is 14.4 Å². The van der Waals surface area contributed by atoms with Gasteiger partial charge in [-0.2, -0.15) is 0 Å². The van der Waals surface area contributed by atoms with Crippen molar-refractivity contribution in [3.8, 4) is 0 Å². The predicted octanol–water partition coefficient (Wildman–Crippen LogP) is 4.57. The molecule has 0 bridgehead atoms. The molecule has 0 aromatic heterocycles. The van der Waals surface area contributed by atoms with Crippen LogP contribution in [0, 0.1) is 34.5 Å². The monoisotopic (exact) mass is 429 g/mol. The second kappa shape index (κ2) is 7.88. The average molecular weight is 430 g/mol. The fourth-order valence-electron chi connectivity index (χ4n) is 7.94. The molecule has 0 aromatic rings. The van der Waals surface area contributed by atoms with Crippen molar-refractivity contribution in [3.63, 3.8) is 0 Å². The Morgan fingerprint density at radius 3 is 2.26 bits per heavy atom. The molecule has 4 saturated carbocycles. The van der Waals surface area contributed by atoms with Gasteiger partial charge in [-0.25, -0.2) is 0 Å². The lowest BCUT2D eigenvalue weighted by atomic mass is 9.76. The van der Waals surface area contributed by atoms with E-state index in [-0.39, 0.29) is 41.6 Å². The number of hydrogen-bond donors (Lipinski definition) is 1. The summed E-state index contributed by atoms with van der Waals surface area (Å²) >= 11 is 0. The van der Waals surface area contributed by atoms with Crippen molar-refractivity contribution in [2.24, 2.45) is 34.5 Å². The van der Waals surface area contributed by atoms with Gasteiger partial charge in [0.1, 0.15) is 11.9 Å². The molecule has 0 aromatic carbocycles. The number of amides is 1. The van der Waals surface area contributed by atoms with E-state index in [1.54, 1.807) is 0 Å². The molecule has 1 amide bonds. The zero-order chi connectivity index (χ0) is 21.8. The molecule has 5 nitrogen and oxygen atoms in total. The van der Waals surface area contributed by atoms with Crippen molar-refractivity contribution in [2.45, 2.75) is 109 Å². The van der Waals surface area contributed by atoms with Crippen LogP contribution in [-0.2, 0) is 19.1 Å². The summed E-state index contributed by atoms with van der Waals surface area (Å²) in [5.74, 6) is 0.226. The molecule has 0 radical (unpaired) electrons. The van der Waals surface area contributed by atoms with E-state index in [9.17, 15) is 14.4 Å². The molecular weight excluding hydrogens is 390 g/mol. The van der Waals surface area contributed by atoms with Gasteiger partial charge in [0.2, 0.25) is 5.91 Å². The van der Waals surface area contributed by atoms with Crippen LogP contribution in [0.2, 0.25) is 0 Å². The molecule has 1 N–H and O–H groups in total. The van der Waals surface area contributed by atoms with Crippen molar-refractivity contribution in [2.75, 3.05) is 0 Å². The van der Waals surface area contributed by atoms with E-state index in [4.69, 9.17) is 4.74 Å². The maximum Gasteiger partial charge on any atom is 0.323 e. The van der Waals surface area contributed by atoms with E-state index in [2.05, 4.69) is 12.2 Å². The first-order valence-corrected chi connectivity index (χ1v) is 13.0. The van der Waals surface area contributed by atoms with Gasteiger partial charge < -0.3 is 10.1 Å². The molecule has 5 fully saturated rings. The summed E-state index contributed by atoms with van der Waals surface area (Å²) in [6.07, 6.45) is 13.2. The Morgan fingerprint density at radius 2 is 1.55 bits per heavy atom. The van der Waals surface area contributed by atoms with E-state index in [1.807, 2.05) is 6.92 Å². The Hall–Kier alpha value is -1.39. The quantitative estimate of drug-likeness (QED) is 0.525. The number of carbonyl (C=O) groups excluding carboxylic acids is 3. The molecule has 5 atom stereocenters. The van der Waals surface area contributed by atoms with E-state index >= 15 is 0 Å². The number of esters is 1. The molecule has 1 heterocycles. The topological polar surface area (TPSA) is 72.5 Å². The predicted molar refractivity (Wildman–Crippen MR) is 117 cm³/mol. The molecule has 1 saturated heterocycles. The van der Waals surface area contributed by atoms with E-state index in [1.165, 1.54) is 6.42 Å². The lowest BCUT2D eigenvalue weighted by Gasteiger charge is -2.37. The Labute approximate surface area is 186 Å². The van der Waals surface area contributed by atoms with Gasteiger partial charge >= 0.3 is 5.97 Å². The third-order valence-corrected chi connectivity index (χ3v) is 9.78. The fraction of sp³-hybridized carbons (Fsp3) is 0.885. The highest BCUT2D eigenvalue weighted by molar-refractivity contribution is 6.16. The van der Waals surface area contributed by atoms with Gasteiger partial charge in [0, 0.05) is 23.8 Å². The Balaban J connectivity index is 1.46. The van der Waals surface area contributed by atoms with Crippen LogP contribution in [0.4, 0.5) is 0 Å². The number of nitrogens with one attached hydrogen (secondary N) is 1. The highest BCUT2D eigenvalue weighted by Gasteiger charge is 2.89. The zero-order valence-electron chi connectivity index (χ0n) is 19.3. The van der Waals surface area contributed by atoms with Crippen LogP contribution in [0.15, 0.2) is 0 Å². The number of carbonyl (C=O) groups is 3. The molecule has 0 spiro atoms. The summed E-state index contributed by atoms with van der Waals surface area (Å²) < 4.78 is 5.96. The highest BCUT2D eigenvalue weighted by atomic mass is 16.5. The summed E-state index contributed by atoms with van der Waals surface area (Å²) in [6.45, 7) is 4.20. The van der Waals surface area contributed by atoms with Crippen molar-refractivity contribution in [3.05, 3.63) is 0 Å². The summed E-state index contributed by atoms with van der Waals surface area (Å²) in [7, 11) is 0. The number of rotatable bonds is 4. The largest absolute Gasteiger partial charge is 0.461 e. The molecule has 5 heteroatoms. The average Bonchev–Trinajstić information content (AvgIpc) is 3.39. The van der Waals surface area contributed by atoms with E-state index in [0.29, 0.717) is 5.92 Å². The van der Waals surface area contributed by atoms with Gasteiger partial charge in [-0.15, -0.1) is 0 Å². The minimum absolute atomic E-state index is 0.000560. The second-order valence-corrected chi connectivity index (χ2v) is 11.5. The normalized spacial score (nSPS) is 45.1. The number of Topliss-reactive ketones (excluding diaryl/α,β-unsaturated/α-hetero) is 1. The van der Waals surface area contributed by atoms with Gasteiger partial charge in [0.15, 0.2) is 5.41 Å². The smallest absolute Gasteiger partial charge is 0.323 e. The lowest BCUT2D eigenvalue weighted by Crippen LogP contribution is -2.51. The Kier molecular flexibility index (Phi) is 5.45. The first kappa shape index (κ1) is 21.5. The zero-order valence-corrected chi connectivity index (χ0v) is 19.3. The summed E-state index contributed by atoms with van der Waals surface area (Å²) in [5, 5.41) is 3.24. The molecule has 1 aliphatic heterocycles. The standard InChI is InChI=1S/C26H39NO4/c1-16-12-14-18(15-13-16)27-23(29)26-21(19-10-6-7-11-20(19)31-24(26)30)25(26,2)22(28)17-8-4-3-5-9-17/h16-21H,3-15H2,1-2H3,(H,27,29). The third kappa shape index (κ3) is 3.12. The SMILES string of the molecule is CC1CCC(NC(=O)C23C(=O)OC4CCCCC4C2C3(C)C(=O)C2CCCCC2)CC1. The fourth-order valence-corrected chi connectivity index (χ4v) is 7.94. The number of fused-ring (bicyclic) bond motifs is 3. The van der Waals surface area contributed by atoms with Gasteiger partial charge in [-0.1, -0.05) is 39.5 Å². The van der Waals surface area contributed by atoms with Gasteiger partial charge in [0.05, 0.1) is 5.41 Å². The maximum absolute atomic E-state index is 13.9. The summed E-state index contributed by atoms with van der Waals surface area (Å²) in [6, 6.07) is 0.116. The molecule has 31 heavy (non-hydrogen) atoms. The summed E-state index contributed by atoms with van der Waals surface area (Å²) in [5.41, 5.74) is -2.18. The first-order valence-electron chi connectivity index (χ1n) is 13.0. The minimum Gasteiger partial charge on any atom is -0.461 e. The van der Waals surface area contributed by atoms with E-state index in [0.717, 1.165) is 77.0 Å². The molecule has 5 unspecified atom stereocenters. The van der Waals surface area contributed by atoms with Crippen molar-refractivity contribution >= 4 is 17.7 Å². The lowest BCUT2D eigenvalue weighted by molar-refractivity contribution is -0.173. The maximum atomic E-state index is 13.9. The molecule has 5 rings (SSSR count). The molecule has 5 aliphatic rings. The van der Waals surface area contributed by atoms with Crippen LogP contribution in [-0.4, -0.2) is 29.8 Å². The van der Waals surface area contributed by atoms with Crippen LogP contribution >= 0.6 is 0 Å². The van der Waals surface area contributed by atoms with Crippen molar-refractivity contribution < 1.29 is 19.1 Å². The first-order chi connectivity index (χ1) is 14.9. The minimum atomic E-state index is -1.29. The third-order valence-electron chi connectivity index (χ3n) is 9.78. The molecule has 4 aliphatic carbocycles. The number of ketones is 1. The van der Waals surface area contributed by atoms with Gasteiger partial charge in [-0.05, 0) is 63.7 Å². The van der Waals surface area contributed by atoms with E-state index < -0.39 is 16.8 Å². The summed E-state index contributed by atoms with van der Waals surface area (Å²) in [4.78, 5) is 41.3. The van der Waals surface area contributed by atoms with Crippen molar-refractivity contribution in [1.29, 1.82) is 0 Å². The Bertz CT molecular complexity index is 751. The van der Waals surface area contributed by atoms with Crippen LogP contribution in [0.1, 0.15) is 97.3 Å². The van der Waals surface area contributed by atoms with Crippen molar-refractivity contribution in [1.82, 2.24) is 5.32 Å². The van der Waals surface area contributed by atoms with Gasteiger partial charge in [0.25, 0.3) is 0 Å². The Morgan fingerprint density at radius 1 is 0.903 bits per heavy atom. The van der Waals surface area contributed by atoms with Crippen LogP contribution in [0.25, 0.3) is 0 Å². The highest BCUT2D eigenvalue weighted by Crippen LogP contribution is 2.77. The van der Waals surface area contributed by atoms with Crippen LogP contribution < -0.4 is 5.32 Å². The number of ether oxygens (including phenoxy) is 1. The molecular formula is C26H39NO4. The van der Waals surface area contributed by atoms with Crippen LogP contribution in [0.5, 0.6) is 0 Å².